The number of aliphatic hydroxyl groups is 1. The van der Waals surface area contributed by atoms with Crippen LogP contribution in [0.4, 0.5) is 0 Å². The standard InChI is InChI=1S/C19H22O2S2/c20-18(15-9-3-1-4-10-15)19(22-16-11-5-2-6-12-16)23-17-13-7-8-14-21-17/h1-6,9-12,17-20H,7-8,13-14H2/t17-,18-,19+/m0/s1. The monoisotopic (exact) mass is 346 g/mol. The average Bonchev–Trinajstić information content (AvgIpc) is 2.63. The molecule has 3 rings (SSSR count). The summed E-state index contributed by atoms with van der Waals surface area (Å²) in [6, 6.07) is 20.2. The molecule has 0 radical (unpaired) electrons. The van der Waals surface area contributed by atoms with E-state index in [0.717, 1.165) is 25.0 Å². The highest BCUT2D eigenvalue weighted by molar-refractivity contribution is 8.17. The molecule has 2 nitrogen and oxygen atoms in total. The van der Waals surface area contributed by atoms with E-state index in [2.05, 4.69) is 12.1 Å². The molecule has 0 amide bonds. The van der Waals surface area contributed by atoms with Crippen LogP contribution in [0.5, 0.6) is 0 Å². The van der Waals surface area contributed by atoms with Crippen LogP contribution in [0.3, 0.4) is 0 Å². The number of benzene rings is 2. The van der Waals surface area contributed by atoms with Gasteiger partial charge in [-0.05, 0) is 37.0 Å². The minimum Gasteiger partial charge on any atom is -0.386 e. The maximum atomic E-state index is 10.9. The van der Waals surface area contributed by atoms with Gasteiger partial charge >= 0.3 is 0 Å². The predicted octanol–water partition coefficient (Wildman–Crippen LogP) is 5.10. The summed E-state index contributed by atoms with van der Waals surface area (Å²) in [4.78, 5) is 1.18. The Kier molecular flexibility index (Phi) is 6.46. The number of ether oxygens (including phenoxy) is 1. The normalized spacial score (nSPS) is 20.8. The summed E-state index contributed by atoms with van der Waals surface area (Å²) < 4.78 is 5.89. The van der Waals surface area contributed by atoms with Crippen molar-refractivity contribution in [1.82, 2.24) is 0 Å². The van der Waals surface area contributed by atoms with E-state index in [9.17, 15) is 5.11 Å². The van der Waals surface area contributed by atoms with Crippen LogP contribution >= 0.6 is 23.5 Å². The van der Waals surface area contributed by atoms with E-state index in [1.54, 1.807) is 23.5 Å². The first-order valence-corrected chi connectivity index (χ1v) is 9.87. The summed E-state index contributed by atoms with van der Waals surface area (Å²) in [5.41, 5.74) is 1.15. The van der Waals surface area contributed by atoms with Gasteiger partial charge in [0.25, 0.3) is 0 Å². The van der Waals surface area contributed by atoms with E-state index in [-0.39, 0.29) is 10.0 Å². The van der Waals surface area contributed by atoms with Crippen LogP contribution in [0.2, 0.25) is 0 Å². The van der Waals surface area contributed by atoms with Gasteiger partial charge in [-0.25, -0.2) is 0 Å². The molecule has 2 aromatic rings. The van der Waals surface area contributed by atoms with Gasteiger partial charge in [0.2, 0.25) is 0 Å². The van der Waals surface area contributed by atoms with E-state index >= 15 is 0 Å². The van der Waals surface area contributed by atoms with E-state index in [1.807, 2.05) is 48.5 Å². The Morgan fingerprint density at radius 1 is 0.957 bits per heavy atom. The highest BCUT2D eigenvalue weighted by atomic mass is 32.2. The predicted molar refractivity (Wildman–Crippen MR) is 98.7 cm³/mol. The Labute approximate surface area is 146 Å². The van der Waals surface area contributed by atoms with Crippen molar-refractivity contribution in [3.05, 3.63) is 66.2 Å². The maximum absolute atomic E-state index is 10.9. The largest absolute Gasteiger partial charge is 0.386 e. The summed E-state index contributed by atoms with van der Waals surface area (Å²) in [7, 11) is 0. The third kappa shape index (κ3) is 5.01. The fourth-order valence-corrected chi connectivity index (χ4v) is 5.45. The van der Waals surface area contributed by atoms with E-state index in [1.165, 1.54) is 11.3 Å². The van der Waals surface area contributed by atoms with Crippen molar-refractivity contribution in [3.63, 3.8) is 0 Å². The van der Waals surface area contributed by atoms with Gasteiger partial charge < -0.3 is 9.84 Å². The molecule has 0 spiro atoms. The molecule has 23 heavy (non-hydrogen) atoms. The van der Waals surface area contributed by atoms with Gasteiger partial charge in [-0.3, -0.25) is 0 Å². The van der Waals surface area contributed by atoms with Crippen LogP contribution < -0.4 is 0 Å². The molecule has 1 fully saturated rings. The van der Waals surface area contributed by atoms with E-state index in [4.69, 9.17) is 4.74 Å². The lowest BCUT2D eigenvalue weighted by Crippen LogP contribution is -2.21. The van der Waals surface area contributed by atoms with Crippen LogP contribution in [-0.2, 0) is 4.74 Å². The minimum absolute atomic E-state index is 0.0166. The molecule has 0 bridgehead atoms. The molecule has 1 aliphatic rings. The zero-order valence-corrected chi connectivity index (χ0v) is 14.6. The number of rotatable bonds is 6. The summed E-state index contributed by atoms with van der Waals surface area (Å²) in [6.45, 7) is 0.835. The summed E-state index contributed by atoms with van der Waals surface area (Å²) in [5.74, 6) is 0. The second-order valence-corrected chi connectivity index (χ2v) is 8.41. The molecule has 122 valence electrons. The Bertz CT molecular complexity index is 570. The summed E-state index contributed by atoms with van der Waals surface area (Å²) >= 11 is 3.47. The topological polar surface area (TPSA) is 29.5 Å². The van der Waals surface area contributed by atoms with Crippen LogP contribution in [0.25, 0.3) is 0 Å². The second-order valence-electron chi connectivity index (χ2n) is 5.59. The van der Waals surface area contributed by atoms with Gasteiger partial charge in [0, 0.05) is 11.5 Å². The van der Waals surface area contributed by atoms with Crippen molar-refractivity contribution in [3.8, 4) is 0 Å². The highest BCUT2D eigenvalue weighted by Gasteiger charge is 2.27. The molecule has 1 N–H and O–H groups in total. The summed E-state index contributed by atoms with van der Waals surface area (Å²) in [6.07, 6.45) is 2.91. The molecular formula is C19H22O2S2. The number of aliphatic hydroxyl groups excluding tert-OH is 1. The molecule has 1 aliphatic heterocycles. The van der Waals surface area contributed by atoms with Crippen molar-refractivity contribution >= 4 is 23.5 Å². The van der Waals surface area contributed by atoms with Crippen LogP contribution in [0.15, 0.2) is 65.6 Å². The smallest absolute Gasteiger partial charge is 0.104 e. The van der Waals surface area contributed by atoms with Crippen LogP contribution in [-0.4, -0.2) is 21.7 Å². The molecule has 1 saturated heterocycles. The first kappa shape index (κ1) is 16.9. The van der Waals surface area contributed by atoms with Crippen molar-refractivity contribution in [2.24, 2.45) is 0 Å². The quantitative estimate of drug-likeness (QED) is 0.582. The molecule has 0 unspecified atom stereocenters. The van der Waals surface area contributed by atoms with E-state index < -0.39 is 6.10 Å². The molecule has 0 aliphatic carbocycles. The fraction of sp³-hybridized carbons (Fsp3) is 0.368. The van der Waals surface area contributed by atoms with Gasteiger partial charge in [0.1, 0.15) is 11.5 Å². The minimum atomic E-state index is -0.517. The first-order valence-electron chi connectivity index (χ1n) is 8.05. The first-order chi connectivity index (χ1) is 11.3. The van der Waals surface area contributed by atoms with Gasteiger partial charge in [-0.1, -0.05) is 48.5 Å². The molecular weight excluding hydrogens is 324 g/mol. The highest BCUT2D eigenvalue weighted by Crippen LogP contribution is 2.42. The second kappa shape index (κ2) is 8.78. The van der Waals surface area contributed by atoms with Crippen molar-refractivity contribution in [2.75, 3.05) is 6.61 Å². The number of thioether (sulfide) groups is 2. The van der Waals surface area contributed by atoms with Gasteiger partial charge in [0.05, 0.1) is 4.58 Å². The maximum Gasteiger partial charge on any atom is 0.104 e. The lowest BCUT2D eigenvalue weighted by Gasteiger charge is -2.29. The fourth-order valence-electron chi connectivity index (χ4n) is 2.58. The molecule has 2 aromatic carbocycles. The SMILES string of the molecule is O[C@@H](c1ccccc1)[C@H](Sc1ccccc1)S[C@H]1CCCCO1. The third-order valence-electron chi connectivity index (χ3n) is 3.82. The zero-order valence-electron chi connectivity index (χ0n) is 13.0. The lowest BCUT2D eigenvalue weighted by atomic mass is 10.1. The van der Waals surface area contributed by atoms with Gasteiger partial charge in [0.15, 0.2) is 0 Å². The molecule has 0 saturated carbocycles. The third-order valence-corrected chi connectivity index (χ3v) is 6.68. The molecule has 1 heterocycles. The van der Waals surface area contributed by atoms with Gasteiger partial charge in [-0.2, -0.15) is 0 Å². The molecule has 0 aromatic heterocycles. The number of hydrogen-bond acceptors (Lipinski definition) is 4. The molecule has 4 heteroatoms. The van der Waals surface area contributed by atoms with Crippen molar-refractivity contribution in [1.29, 1.82) is 0 Å². The average molecular weight is 347 g/mol. The summed E-state index contributed by atoms with van der Waals surface area (Å²) in [5, 5.41) is 10.9. The van der Waals surface area contributed by atoms with Crippen molar-refractivity contribution < 1.29 is 9.84 Å². The van der Waals surface area contributed by atoms with Crippen molar-refractivity contribution in [2.45, 2.75) is 40.3 Å². The van der Waals surface area contributed by atoms with E-state index in [0.29, 0.717) is 0 Å². The molecule has 3 atom stereocenters. The van der Waals surface area contributed by atoms with Gasteiger partial charge in [-0.15, -0.1) is 23.5 Å². The number of hydrogen-bond donors (Lipinski definition) is 1. The Morgan fingerprint density at radius 3 is 2.30 bits per heavy atom. The lowest BCUT2D eigenvalue weighted by molar-refractivity contribution is 0.0719. The Morgan fingerprint density at radius 2 is 1.65 bits per heavy atom. The van der Waals surface area contributed by atoms with Crippen LogP contribution in [0, 0.1) is 0 Å². The Balaban J connectivity index is 1.74. The Hall–Kier alpha value is -0.940. The van der Waals surface area contributed by atoms with Crippen LogP contribution in [0.1, 0.15) is 30.9 Å². The zero-order chi connectivity index (χ0) is 15.9.